The lowest BCUT2D eigenvalue weighted by Gasteiger charge is -2.20. The minimum Gasteiger partial charge on any atom is -0.496 e. The van der Waals surface area contributed by atoms with Crippen LogP contribution in [0.5, 0.6) is 5.75 Å². The summed E-state index contributed by atoms with van der Waals surface area (Å²) >= 11 is 0. The molecule has 1 aliphatic rings. The van der Waals surface area contributed by atoms with Gasteiger partial charge in [0.15, 0.2) is 0 Å². The van der Waals surface area contributed by atoms with Crippen molar-refractivity contribution in [3.8, 4) is 28.2 Å². The van der Waals surface area contributed by atoms with Crippen LogP contribution in [0.1, 0.15) is 39.1 Å². The molecule has 1 fully saturated rings. The first-order valence-electron chi connectivity index (χ1n) is 13.6. The second-order valence-corrected chi connectivity index (χ2v) is 10.4. The van der Waals surface area contributed by atoms with Gasteiger partial charge in [0.2, 0.25) is 0 Å². The number of nitrogens with zero attached hydrogens (tertiary/aromatic N) is 1. The van der Waals surface area contributed by atoms with Gasteiger partial charge < -0.3 is 19.8 Å². The average Bonchev–Trinajstić information content (AvgIpc) is 3.71. The quantitative estimate of drug-likeness (QED) is 0.159. The van der Waals surface area contributed by atoms with Gasteiger partial charge in [-0.1, -0.05) is 36.4 Å². The molecule has 0 atom stereocenters. The lowest BCUT2D eigenvalue weighted by molar-refractivity contribution is 0.0295. The second-order valence-electron chi connectivity index (χ2n) is 10.4. The first-order valence-corrected chi connectivity index (χ1v) is 13.6. The predicted molar refractivity (Wildman–Crippen MR) is 158 cm³/mol. The van der Waals surface area contributed by atoms with E-state index in [4.69, 9.17) is 9.15 Å². The molecule has 0 radical (unpaired) electrons. The van der Waals surface area contributed by atoms with Crippen LogP contribution < -0.4 is 20.6 Å². The maximum atomic E-state index is 13.6. The smallest absolute Gasteiger partial charge is 0.255 e. The molecule has 9 nitrogen and oxygen atoms in total. The van der Waals surface area contributed by atoms with Crippen LogP contribution in [0.25, 0.3) is 33.4 Å². The van der Waals surface area contributed by atoms with Gasteiger partial charge in [-0.25, -0.2) is 4.39 Å². The van der Waals surface area contributed by atoms with Crippen LogP contribution in [0.3, 0.4) is 0 Å². The van der Waals surface area contributed by atoms with E-state index in [1.807, 2.05) is 30.3 Å². The van der Waals surface area contributed by atoms with E-state index in [0.29, 0.717) is 27.8 Å². The molecule has 6 rings (SSSR count). The lowest BCUT2D eigenvalue weighted by atomic mass is 9.96. The summed E-state index contributed by atoms with van der Waals surface area (Å²) in [6.07, 6.45) is 1.60. The monoisotopic (exact) mass is 581 g/mol. The Kier molecular flexibility index (Phi) is 7.09. The summed E-state index contributed by atoms with van der Waals surface area (Å²) in [4.78, 5) is 26.7. The van der Waals surface area contributed by atoms with Gasteiger partial charge in [-0.3, -0.25) is 20.0 Å². The van der Waals surface area contributed by atoms with Crippen molar-refractivity contribution in [2.75, 3.05) is 19.4 Å². The number of rotatable bonds is 8. The molecule has 1 heterocycles. The topological polar surface area (TPSA) is 124 Å². The minimum atomic E-state index is -0.466. The Morgan fingerprint density at radius 1 is 0.930 bits per heavy atom. The number of benzene rings is 4. The second kappa shape index (κ2) is 10.9. The van der Waals surface area contributed by atoms with Crippen LogP contribution in [0.2, 0.25) is 0 Å². The highest BCUT2D eigenvalue weighted by molar-refractivity contribution is 6.13. The lowest BCUT2D eigenvalue weighted by Crippen LogP contribution is -2.35. The number of methoxy groups -OCH3 is 1. The largest absolute Gasteiger partial charge is 0.496 e. The zero-order valence-electron chi connectivity index (χ0n) is 23.3. The predicted octanol–water partition coefficient (Wildman–Crippen LogP) is 6.28. The van der Waals surface area contributed by atoms with Gasteiger partial charge in [-0.15, -0.1) is 5.23 Å². The van der Waals surface area contributed by atoms with Crippen molar-refractivity contribution in [1.29, 1.82) is 0 Å². The third-order valence-corrected chi connectivity index (χ3v) is 7.77. The van der Waals surface area contributed by atoms with E-state index in [0.717, 1.165) is 18.4 Å². The molecule has 218 valence electrons. The van der Waals surface area contributed by atoms with E-state index in [1.165, 1.54) is 44.5 Å². The fourth-order valence-electron chi connectivity index (χ4n) is 5.39. The first kappa shape index (κ1) is 28.0. The van der Waals surface area contributed by atoms with E-state index in [2.05, 4.69) is 10.6 Å². The van der Waals surface area contributed by atoms with Gasteiger partial charge in [0, 0.05) is 29.6 Å². The highest BCUT2D eigenvalue weighted by atomic mass is 19.1. The fourth-order valence-corrected chi connectivity index (χ4v) is 5.39. The summed E-state index contributed by atoms with van der Waals surface area (Å²) in [5, 5.41) is 26.5. The van der Waals surface area contributed by atoms with Gasteiger partial charge >= 0.3 is 0 Å². The molecule has 0 bridgehead atoms. The zero-order chi connectivity index (χ0) is 30.3. The molecule has 4 N–H and O–H groups in total. The van der Waals surface area contributed by atoms with Gasteiger partial charge in [0.1, 0.15) is 28.6 Å². The number of ether oxygens (including phenoxy) is 1. The molecule has 10 heteroatoms. The Labute approximate surface area is 246 Å². The van der Waals surface area contributed by atoms with E-state index >= 15 is 0 Å². The van der Waals surface area contributed by atoms with Crippen molar-refractivity contribution in [2.45, 2.75) is 18.4 Å². The van der Waals surface area contributed by atoms with E-state index in [1.54, 1.807) is 24.3 Å². The summed E-state index contributed by atoms with van der Waals surface area (Å²) < 4.78 is 25.2. The van der Waals surface area contributed by atoms with Crippen LogP contribution in [-0.2, 0) is 5.54 Å². The van der Waals surface area contributed by atoms with E-state index < -0.39 is 17.3 Å². The SMILES string of the molecule is CNC(=O)c1c(-c2ccc(F)cc2)oc2cc(N(O)O)c(-c3ccc(OC)c(C(=O)NC4(c5ccccc5)CC4)c3)cc12. The number of fused-ring (bicyclic) bond motifs is 1. The van der Waals surface area contributed by atoms with Gasteiger partial charge in [-0.2, -0.15) is 0 Å². The Hall–Kier alpha value is -5.19. The van der Waals surface area contributed by atoms with Crippen LogP contribution >= 0.6 is 0 Å². The Morgan fingerprint density at radius 2 is 1.63 bits per heavy atom. The summed E-state index contributed by atoms with van der Waals surface area (Å²) in [6.45, 7) is 0. The molecule has 5 aromatic rings. The van der Waals surface area contributed by atoms with Crippen molar-refractivity contribution in [3.63, 3.8) is 0 Å². The van der Waals surface area contributed by atoms with E-state index in [9.17, 15) is 24.4 Å². The maximum Gasteiger partial charge on any atom is 0.255 e. The maximum absolute atomic E-state index is 13.6. The highest BCUT2D eigenvalue weighted by Gasteiger charge is 2.46. The standard InChI is InChI=1S/C33H28FN3O6/c1-35-32(39)29-24-17-23(26(37(40)41)18-28(24)43-30(29)19-8-11-22(34)12-9-19)20-10-13-27(42-2)25(16-20)31(38)36-33(14-15-33)21-6-4-3-5-7-21/h3-13,16-18,40-41H,14-15H2,1-2H3,(H,35,39)(H,36,38). The van der Waals surface area contributed by atoms with Gasteiger partial charge in [0.05, 0.1) is 23.8 Å². The minimum absolute atomic E-state index is 0.0486. The van der Waals surface area contributed by atoms with Crippen LogP contribution in [0.15, 0.2) is 89.3 Å². The molecule has 43 heavy (non-hydrogen) atoms. The fraction of sp³-hybridized carbons (Fsp3) is 0.152. The van der Waals surface area contributed by atoms with E-state index in [-0.39, 0.29) is 39.3 Å². The Balaban J connectivity index is 1.48. The van der Waals surface area contributed by atoms with Crippen molar-refractivity contribution in [2.24, 2.45) is 0 Å². The third kappa shape index (κ3) is 5.07. The number of hydrogen-bond donors (Lipinski definition) is 4. The van der Waals surface area contributed by atoms with Gasteiger partial charge in [0.25, 0.3) is 11.8 Å². The molecule has 0 saturated heterocycles. The number of carbonyl (C=O) groups excluding carboxylic acids is 2. The van der Waals surface area contributed by atoms with Crippen molar-refractivity contribution in [1.82, 2.24) is 10.6 Å². The Morgan fingerprint density at radius 3 is 2.26 bits per heavy atom. The number of carbonyl (C=O) groups is 2. The average molecular weight is 582 g/mol. The molecule has 0 aliphatic heterocycles. The van der Waals surface area contributed by atoms with Crippen LogP contribution in [-0.4, -0.2) is 36.4 Å². The van der Waals surface area contributed by atoms with Gasteiger partial charge in [-0.05, 0) is 66.4 Å². The number of furan rings is 1. The molecule has 1 aromatic heterocycles. The summed E-state index contributed by atoms with van der Waals surface area (Å²) in [6, 6.07) is 23.1. The van der Waals surface area contributed by atoms with Crippen LogP contribution in [0, 0.1) is 5.82 Å². The molecular weight excluding hydrogens is 553 g/mol. The molecule has 1 aliphatic carbocycles. The van der Waals surface area contributed by atoms with Crippen LogP contribution in [0.4, 0.5) is 10.1 Å². The third-order valence-electron chi connectivity index (χ3n) is 7.77. The van der Waals surface area contributed by atoms with Crippen molar-refractivity contribution in [3.05, 3.63) is 107 Å². The summed E-state index contributed by atoms with van der Waals surface area (Å²) in [5.74, 6) is -0.721. The number of amides is 2. The highest BCUT2D eigenvalue weighted by Crippen LogP contribution is 2.46. The zero-order valence-corrected chi connectivity index (χ0v) is 23.3. The molecular formula is C33H28FN3O6. The number of hydrogen-bond acceptors (Lipinski definition) is 7. The molecule has 4 aromatic carbocycles. The summed E-state index contributed by atoms with van der Waals surface area (Å²) in [5.41, 5.74) is 2.33. The summed E-state index contributed by atoms with van der Waals surface area (Å²) in [7, 11) is 2.94. The molecule has 0 unspecified atom stereocenters. The first-order chi connectivity index (χ1) is 20.7. The molecule has 2 amide bonds. The number of nitrogens with one attached hydrogen (secondary N) is 2. The van der Waals surface area contributed by atoms with Crippen molar-refractivity contribution >= 4 is 28.5 Å². The number of halogens is 1. The molecule has 1 saturated carbocycles. The van der Waals surface area contributed by atoms with Crippen molar-refractivity contribution < 1.29 is 33.5 Å². The molecule has 0 spiro atoms. The number of anilines is 1. The Bertz CT molecular complexity index is 1850. The normalized spacial score (nSPS) is 13.4.